The lowest BCUT2D eigenvalue weighted by Gasteiger charge is -2.30. The van der Waals surface area contributed by atoms with Gasteiger partial charge in [-0.25, -0.2) is 4.98 Å². The lowest BCUT2D eigenvalue weighted by molar-refractivity contribution is 0.0708. The fourth-order valence-electron chi connectivity index (χ4n) is 2.57. The van der Waals surface area contributed by atoms with Gasteiger partial charge in [0.2, 0.25) is 5.89 Å². The highest BCUT2D eigenvalue weighted by molar-refractivity contribution is 7.13. The molecule has 1 aliphatic rings. The number of aryl methyl sites for hydroxylation is 2. The van der Waals surface area contributed by atoms with Gasteiger partial charge in [0, 0.05) is 25.4 Å². The van der Waals surface area contributed by atoms with Crippen LogP contribution in [-0.2, 0) is 6.42 Å². The molecule has 0 N–H and O–H groups in total. The number of thiazole rings is 1. The minimum atomic E-state index is 0.0597. The van der Waals surface area contributed by atoms with E-state index in [2.05, 4.69) is 15.1 Å². The first-order valence-electron chi connectivity index (χ1n) is 7.21. The number of aromatic nitrogens is 3. The van der Waals surface area contributed by atoms with Crippen molar-refractivity contribution in [3.63, 3.8) is 0 Å². The van der Waals surface area contributed by atoms with E-state index in [0.717, 1.165) is 36.6 Å². The minimum absolute atomic E-state index is 0.0597. The Morgan fingerprint density at radius 3 is 3.10 bits per heavy atom. The maximum atomic E-state index is 12.5. The smallest absolute Gasteiger partial charge is 0.265 e. The Morgan fingerprint density at radius 2 is 2.43 bits per heavy atom. The monoisotopic (exact) mass is 306 g/mol. The molecular weight excluding hydrogens is 288 g/mol. The van der Waals surface area contributed by atoms with E-state index in [1.807, 2.05) is 18.7 Å². The molecule has 0 bridgehead atoms. The molecule has 2 aromatic heterocycles. The second-order valence-electron chi connectivity index (χ2n) is 5.23. The van der Waals surface area contributed by atoms with Gasteiger partial charge in [-0.15, -0.1) is 11.3 Å². The molecule has 21 heavy (non-hydrogen) atoms. The number of rotatable bonds is 3. The molecule has 0 aromatic carbocycles. The Labute approximate surface area is 127 Å². The summed E-state index contributed by atoms with van der Waals surface area (Å²) < 4.78 is 5.18. The number of nitrogens with zero attached hydrogens (tertiary/aromatic N) is 4. The molecule has 3 rings (SSSR count). The molecule has 0 saturated carbocycles. The second kappa shape index (κ2) is 5.93. The van der Waals surface area contributed by atoms with E-state index < -0.39 is 0 Å². The first-order chi connectivity index (χ1) is 10.2. The van der Waals surface area contributed by atoms with Crippen LogP contribution in [-0.4, -0.2) is 39.0 Å². The van der Waals surface area contributed by atoms with Gasteiger partial charge in [-0.2, -0.15) is 4.98 Å². The minimum Gasteiger partial charge on any atom is -0.339 e. The van der Waals surface area contributed by atoms with Gasteiger partial charge in [-0.05, 0) is 19.8 Å². The van der Waals surface area contributed by atoms with Crippen LogP contribution in [0, 0.1) is 6.92 Å². The lowest BCUT2D eigenvalue weighted by atomic mass is 9.97. The van der Waals surface area contributed by atoms with E-state index >= 15 is 0 Å². The van der Waals surface area contributed by atoms with Gasteiger partial charge in [0.05, 0.1) is 11.2 Å². The fourth-order valence-corrected chi connectivity index (χ4v) is 3.31. The quantitative estimate of drug-likeness (QED) is 0.870. The summed E-state index contributed by atoms with van der Waals surface area (Å²) in [4.78, 5) is 23.6. The largest absolute Gasteiger partial charge is 0.339 e. The second-order valence-corrected chi connectivity index (χ2v) is 6.47. The van der Waals surface area contributed by atoms with Crippen LogP contribution in [0.25, 0.3) is 0 Å². The molecule has 0 spiro atoms. The van der Waals surface area contributed by atoms with Crippen LogP contribution >= 0.6 is 11.3 Å². The third-order valence-electron chi connectivity index (χ3n) is 3.69. The number of likely N-dealkylation sites (tertiary alicyclic amines) is 1. The molecule has 1 fully saturated rings. The number of carbonyl (C=O) groups excluding carboxylic acids is 1. The molecular formula is C14H18N4O2S. The van der Waals surface area contributed by atoms with Gasteiger partial charge >= 0.3 is 0 Å². The lowest BCUT2D eigenvalue weighted by Crippen LogP contribution is -2.39. The zero-order valence-corrected chi connectivity index (χ0v) is 13.0. The van der Waals surface area contributed by atoms with Gasteiger partial charge in [-0.1, -0.05) is 12.1 Å². The van der Waals surface area contributed by atoms with Gasteiger partial charge in [0.15, 0.2) is 5.82 Å². The Kier molecular flexibility index (Phi) is 4.01. The van der Waals surface area contributed by atoms with Crippen LogP contribution in [0.4, 0.5) is 0 Å². The normalized spacial score (nSPS) is 19.0. The molecule has 1 atom stereocenters. The number of amides is 1. The molecule has 3 heterocycles. The number of hydrogen-bond acceptors (Lipinski definition) is 6. The zero-order chi connectivity index (χ0) is 14.8. The van der Waals surface area contributed by atoms with Gasteiger partial charge in [0.1, 0.15) is 4.88 Å². The summed E-state index contributed by atoms with van der Waals surface area (Å²) in [5.74, 6) is 1.61. The zero-order valence-electron chi connectivity index (χ0n) is 12.2. The molecule has 0 aliphatic carbocycles. The molecule has 1 aliphatic heterocycles. The van der Waals surface area contributed by atoms with Crippen LogP contribution in [0.5, 0.6) is 0 Å². The van der Waals surface area contributed by atoms with Crippen molar-refractivity contribution in [1.82, 2.24) is 20.0 Å². The summed E-state index contributed by atoms with van der Waals surface area (Å²) in [6.07, 6.45) is 4.36. The molecule has 1 amide bonds. The predicted octanol–water partition coefficient (Wildman–Crippen LogP) is 2.42. The highest BCUT2D eigenvalue weighted by Crippen LogP contribution is 2.26. The average molecular weight is 306 g/mol. The molecule has 6 nitrogen and oxygen atoms in total. The van der Waals surface area contributed by atoms with Crippen LogP contribution in [0.2, 0.25) is 0 Å². The number of piperidine rings is 1. The predicted molar refractivity (Wildman–Crippen MR) is 78.4 cm³/mol. The van der Waals surface area contributed by atoms with E-state index in [1.165, 1.54) is 11.3 Å². The fraction of sp³-hybridized carbons (Fsp3) is 0.571. The Morgan fingerprint density at radius 1 is 1.57 bits per heavy atom. The van der Waals surface area contributed by atoms with Gasteiger partial charge in [-0.3, -0.25) is 4.79 Å². The molecule has 0 unspecified atom stereocenters. The number of hydrogen-bond donors (Lipinski definition) is 0. The summed E-state index contributed by atoms with van der Waals surface area (Å²) in [5.41, 5.74) is 0. The van der Waals surface area contributed by atoms with Crippen LogP contribution < -0.4 is 0 Å². The Hall–Kier alpha value is -1.76. The third kappa shape index (κ3) is 2.97. The van der Waals surface area contributed by atoms with Crippen molar-refractivity contribution in [3.05, 3.63) is 27.8 Å². The summed E-state index contributed by atoms with van der Waals surface area (Å²) in [7, 11) is 0. The molecule has 0 radical (unpaired) electrons. The Bertz CT molecular complexity index is 636. The summed E-state index contributed by atoms with van der Waals surface area (Å²) in [6, 6.07) is 0. The van der Waals surface area contributed by atoms with Crippen LogP contribution in [0.3, 0.4) is 0 Å². The summed E-state index contributed by atoms with van der Waals surface area (Å²) >= 11 is 1.44. The van der Waals surface area contributed by atoms with Gasteiger partial charge in [0.25, 0.3) is 5.91 Å². The maximum Gasteiger partial charge on any atom is 0.265 e. The van der Waals surface area contributed by atoms with Crippen molar-refractivity contribution in [3.8, 4) is 0 Å². The van der Waals surface area contributed by atoms with E-state index in [4.69, 9.17) is 4.52 Å². The standard InChI is InChI=1S/C14H18N4O2S/c1-3-12-16-13(17-20-12)10-5-4-6-18(8-10)14(19)11-7-15-9(2)21-11/h7,10H,3-6,8H2,1-2H3/t10-/m1/s1. The van der Waals surface area contributed by atoms with Crippen molar-refractivity contribution in [2.24, 2.45) is 0 Å². The first-order valence-corrected chi connectivity index (χ1v) is 8.03. The molecule has 2 aromatic rings. The molecule has 1 saturated heterocycles. The topological polar surface area (TPSA) is 72.1 Å². The Balaban J connectivity index is 1.72. The van der Waals surface area contributed by atoms with E-state index in [9.17, 15) is 4.79 Å². The van der Waals surface area contributed by atoms with Crippen molar-refractivity contribution < 1.29 is 9.32 Å². The van der Waals surface area contributed by atoms with Crippen molar-refractivity contribution in [2.45, 2.75) is 39.0 Å². The number of carbonyl (C=O) groups is 1. The molecule has 112 valence electrons. The third-order valence-corrected chi connectivity index (χ3v) is 4.59. The highest BCUT2D eigenvalue weighted by atomic mass is 32.1. The van der Waals surface area contributed by atoms with E-state index in [0.29, 0.717) is 17.3 Å². The maximum absolute atomic E-state index is 12.5. The van der Waals surface area contributed by atoms with Crippen molar-refractivity contribution in [2.75, 3.05) is 13.1 Å². The van der Waals surface area contributed by atoms with Crippen molar-refractivity contribution >= 4 is 17.2 Å². The van der Waals surface area contributed by atoms with Gasteiger partial charge < -0.3 is 9.42 Å². The van der Waals surface area contributed by atoms with Crippen LogP contribution in [0.1, 0.15) is 52.1 Å². The van der Waals surface area contributed by atoms with Crippen molar-refractivity contribution in [1.29, 1.82) is 0 Å². The average Bonchev–Trinajstić information content (AvgIpc) is 3.15. The molecule has 7 heteroatoms. The van der Waals surface area contributed by atoms with E-state index in [1.54, 1.807) is 6.20 Å². The summed E-state index contributed by atoms with van der Waals surface area (Å²) in [5, 5.41) is 4.96. The highest BCUT2D eigenvalue weighted by Gasteiger charge is 2.29. The van der Waals surface area contributed by atoms with Crippen LogP contribution in [0.15, 0.2) is 10.7 Å². The SMILES string of the molecule is CCc1nc([C@@H]2CCCN(C(=O)c3cnc(C)s3)C2)no1. The van der Waals surface area contributed by atoms with E-state index in [-0.39, 0.29) is 11.8 Å². The first kappa shape index (κ1) is 14.2. The summed E-state index contributed by atoms with van der Waals surface area (Å²) in [6.45, 7) is 5.33.